The molecular weight excluding hydrogens is 311 g/mol. The van der Waals surface area contributed by atoms with E-state index >= 15 is 0 Å². The highest BCUT2D eigenvalue weighted by Gasteiger charge is 2.03. The van der Waals surface area contributed by atoms with Gasteiger partial charge in [-0.2, -0.15) is 0 Å². The lowest BCUT2D eigenvalue weighted by molar-refractivity contribution is 0.618. The molecule has 0 unspecified atom stereocenters. The summed E-state index contributed by atoms with van der Waals surface area (Å²) in [6.07, 6.45) is 3.82. The first kappa shape index (κ1) is 15.3. The van der Waals surface area contributed by atoms with Crippen molar-refractivity contribution in [1.82, 2.24) is 4.57 Å². The third-order valence-corrected chi connectivity index (χ3v) is 4.28. The molecular formula is C22H17FN2. The smallest absolute Gasteiger partial charge is 0.126 e. The van der Waals surface area contributed by atoms with Crippen LogP contribution in [0.5, 0.6) is 0 Å². The summed E-state index contributed by atoms with van der Waals surface area (Å²) in [7, 11) is 0. The average molecular weight is 328 g/mol. The highest BCUT2D eigenvalue weighted by atomic mass is 19.1. The number of aliphatic imine (C=N–C) groups is 1. The summed E-state index contributed by atoms with van der Waals surface area (Å²) in [4.78, 5) is 4.49. The Balaban J connectivity index is 1.69. The van der Waals surface area contributed by atoms with Gasteiger partial charge in [0.25, 0.3) is 0 Å². The Hall–Kier alpha value is -3.20. The zero-order chi connectivity index (χ0) is 17.2. The maximum Gasteiger partial charge on any atom is 0.126 e. The number of hydrogen-bond donors (Lipinski definition) is 0. The van der Waals surface area contributed by atoms with Crippen LogP contribution in [0.1, 0.15) is 11.3 Å². The molecule has 0 bridgehead atoms. The Labute approximate surface area is 145 Å². The van der Waals surface area contributed by atoms with Crippen LogP contribution in [0.2, 0.25) is 0 Å². The molecule has 0 amide bonds. The van der Waals surface area contributed by atoms with E-state index in [-0.39, 0.29) is 5.82 Å². The number of hydrogen-bond acceptors (Lipinski definition) is 1. The molecule has 3 heteroatoms. The van der Waals surface area contributed by atoms with E-state index in [4.69, 9.17) is 0 Å². The molecule has 0 aliphatic carbocycles. The highest BCUT2D eigenvalue weighted by molar-refractivity contribution is 5.86. The summed E-state index contributed by atoms with van der Waals surface area (Å²) in [5.74, 6) is -0.210. The Morgan fingerprint density at radius 1 is 0.880 bits per heavy atom. The molecule has 0 aliphatic heterocycles. The van der Waals surface area contributed by atoms with E-state index in [1.54, 1.807) is 19.1 Å². The third-order valence-electron chi connectivity index (χ3n) is 4.28. The van der Waals surface area contributed by atoms with Gasteiger partial charge in [-0.05, 0) is 65.7 Å². The lowest BCUT2D eigenvalue weighted by Crippen LogP contribution is -1.97. The van der Waals surface area contributed by atoms with E-state index in [1.165, 1.54) is 16.8 Å². The molecule has 0 radical (unpaired) electrons. The molecule has 0 spiro atoms. The maximum atomic E-state index is 13.4. The van der Waals surface area contributed by atoms with Crippen LogP contribution in [0.4, 0.5) is 10.1 Å². The van der Waals surface area contributed by atoms with E-state index in [0.29, 0.717) is 5.56 Å². The van der Waals surface area contributed by atoms with Crippen molar-refractivity contribution >= 4 is 22.7 Å². The predicted molar refractivity (Wildman–Crippen MR) is 102 cm³/mol. The summed E-state index contributed by atoms with van der Waals surface area (Å²) in [5, 5.41) is 2.42. The maximum absolute atomic E-state index is 13.4. The second-order valence-corrected chi connectivity index (χ2v) is 6.03. The minimum Gasteiger partial charge on any atom is -0.316 e. The fourth-order valence-electron chi connectivity index (χ4n) is 2.91. The molecule has 25 heavy (non-hydrogen) atoms. The quantitative estimate of drug-likeness (QED) is 0.421. The fraction of sp³-hybridized carbons (Fsp3) is 0.0455. The monoisotopic (exact) mass is 328 g/mol. The molecule has 3 aromatic carbocycles. The first-order valence-electron chi connectivity index (χ1n) is 8.17. The molecule has 2 nitrogen and oxygen atoms in total. The first-order chi connectivity index (χ1) is 12.2. The Morgan fingerprint density at radius 2 is 1.72 bits per heavy atom. The van der Waals surface area contributed by atoms with Crippen LogP contribution in [0, 0.1) is 12.7 Å². The number of aromatic nitrogens is 1. The minimum atomic E-state index is -0.210. The molecule has 0 atom stereocenters. The summed E-state index contributed by atoms with van der Waals surface area (Å²) in [6.45, 7) is 1.74. The molecule has 0 fully saturated rings. The van der Waals surface area contributed by atoms with Gasteiger partial charge in [-0.15, -0.1) is 0 Å². The van der Waals surface area contributed by atoms with Crippen LogP contribution >= 0.6 is 0 Å². The van der Waals surface area contributed by atoms with Crippen LogP contribution in [0.15, 0.2) is 84.0 Å². The van der Waals surface area contributed by atoms with Crippen LogP contribution in [0.25, 0.3) is 16.5 Å². The Kier molecular flexibility index (Phi) is 3.90. The molecule has 122 valence electrons. The van der Waals surface area contributed by atoms with Gasteiger partial charge in [-0.1, -0.05) is 30.3 Å². The largest absolute Gasteiger partial charge is 0.316 e. The predicted octanol–water partition coefficient (Wildman–Crippen LogP) is 5.83. The van der Waals surface area contributed by atoms with Crippen molar-refractivity contribution in [2.24, 2.45) is 4.99 Å². The van der Waals surface area contributed by atoms with Crippen molar-refractivity contribution in [3.8, 4) is 5.69 Å². The van der Waals surface area contributed by atoms with Crippen LogP contribution in [-0.4, -0.2) is 10.8 Å². The van der Waals surface area contributed by atoms with Crippen LogP contribution in [-0.2, 0) is 0 Å². The van der Waals surface area contributed by atoms with Gasteiger partial charge in [0.15, 0.2) is 0 Å². The molecule has 0 aliphatic rings. The third kappa shape index (κ3) is 3.09. The van der Waals surface area contributed by atoms with Gasteiger partial charge in [0.05, 0.1) is 17.6 Å². The van der Waals surface area contributed by atoms with Crippen molar-refractivity contribution in [2.45, 2.75) is 6.92 Å². The fourth-order valence-corrected chi connectivity index (χ4v) is 2.91. The topological polar surface area (TPSA) is 17.3 Å². The summed E-state index contributed by atoms with van der Waals surface area (Å²) in [5.41, 5.74) is 3.39. The number of benzene rings is 3. The summed E-state index contributed by atoms with van der Waals surface area (Å²) >= 11 is 0. The van der Waals surface area contributed by atoms with E-state index in [9.17, 15) is 4.39 Å². The van der Waals surface area contributed by atoms with E-state index in [1.807, 2.05) is 36.7 Å². The van der Waals surface area contributed by atoms with E-state index in [0.717, 1.165) is 17.1 Å². The van der Waals surface area contributed by atoms with Crippen molar-refractivity contribution in [1.29, 1.82) is 0 Å². The zero-order valence-corrected chi connectivity index (χ0v) is 13.9. The summed E-state index contributed by atoms with van der Waals surface area (Å²) < 4.78 is 15.5. The Bertz CT molecular complexity index is 1080. The number of nitrogens with zero attached hydrogens (tertiary/aromatic N) is 2. The van der Waals surface area contributed by atoms with Gasteiger partial charge < -0.3 is 4.57 Å². The van der Waals surface area contributed by atoms with Crippen LogP contribution in [0.3, 0.4) is 0 Å². The Morgan fingerprint density at radius 3 is 2.56 bits per heavy atom. The number of fused-ring (bicyclic) bond motifs is 1. The van der Waals surface area contributed by atoms with Gasteiger partial charge in [0.1, 0.15) is 5.82 Å². The molecule has 4 aromatic rings. The number of aryl methyl sites for hydroxylation is 1. The molecule has 0 saturated carbocycles. The number of halogens is 1. The summed E-state index contributed by atoms with van der Waals surface area (Å²) in [6, 6.07) is 23.6. The highest BCUT2D eigenvalue weighted by Crippen LogP contribution is 2.21. The van der Waals surface area contributed by atoms with Gasteiger partial charge >= 0.3 is 0 Å². The van der Waals surface area contributed by atoms with Crippen molar-refractivity contribution in [3.63, 3.8) is 0 Å². The molecule has 4 rings (SSSR count). The van der Waals surface area contributed by atoms with Gasteiger partial charge in [0.2, 0.25) is 0 Å². The zero-order valence-electron chi connectivity index (χ0n) is 13.9. The SMILES string of the molecule is Cc1cc(N=Cc2cccn2-c2ccc3ccccc3c2)ccc1F. The van der Waals surface area contributed by atoms with Gasteiger partial charge in [-0.25, -0.2) is 4.39 Å². The van der Waals surface area contributed by atoms with E-state index < -0.39 is 0 Å². The lowest BCUT2D eigenvalue weighted by Gasteiger charge is -2.08. The normalized spacial score (nSPS) is 11.4. The van der Waals surface area contributed by atoms with Crippen LogP contribution < -0.4 is 0 Å². The van der Waals surface area contributed by atoms with Gasteiger partial charge in [0, 0.05) is 11.9 Å². The second-order valence-electron chi connectivity index (χ2n) is 6.03. The molecule has 1 aromatic heterocycles. The van der Waals surface area contributed by atoms with Crippen molar-refractivity contribution < 1.29 is 4.39 Å². The van der Waals surface area contributed by atoms with E-state index in [2.05, 4.69) is 39.9 Å². The molecule has 1 heterocycles. The van der Waals surface area contributed by atoms with Gasteiger partial charge in [-0.3, -0.25) is 4.99 Å². The van der Waals surface area contributed by atoms with Crippen molar-refractivity contribution in [3.05, 3.63) is 96.1 Å². The molecule has 0 N–H and O–H groups in total. The molecule has 0 saturated heterocycles. The number of rotatable bonds is 3. The lowest BCUT2D eigenvalue weighted by atomic mass is 10.1. The standard InChI is InChI=1S/C22H17FN2/c1-16-13-19(9-11-22(16)23)24-15-21-7-4-12-25(21)20-10-8-17-5-2-3-6-18(17)14-20/h2-15H,1H3. The average Bonchev–Trinajstić information content (AvgIpc) is 3.11. The van der Waals surface area contributed by atoms with Crippen molar-refractivity contribution in [2.75, 3.05) is 0 Å². The minimum absolute atomic E-state index is 0.210. The second kappa shape index (κ2) is 6.36. The first-order valence-corrected chi connectivity index (χ1v) is 8.17.